The van der Waals surface area contributed by atoms with Crippen LogP contribution >= 0.6 is 0 Å². The van der Waals surface area contributed by atoms with E-state index in [9.17, 15) is 19.5 Å². The van der Waals surface area contributed by atoms with E-state index in [1.165, 1.54) is 77.0 Å². The zero-order valence-electron chi connectivity index (χ0n) is 32.5. The monoisotopic (exact) mass is 704 g/mol. The summed E-state index contributed by atoms with van der Waals surface area (Å²) in [6.07, 6.45) is 37.5. The number of carbonyl (C=O) groups is 3. The first kappa shape index (κ1) is 47.3. The van der Waals surface area contributed by atoms with Crippen molar-refractivity contribution in [3.8, 4) is 0 Å². The highest BCUT2D eigenvalue weighted by molar-refractivity contribution is 5.71. The molecule has 0 saturated heterocycles. The standard InChI is InChI=1S/C42H73NO7/c1-6-8-10-12-14-16-17-18-19-20-21-22-23-25-26-28-30-32-40(44)49-37-38(36-48-35-34-39(42(46)47)43(3,4)5)50-41(45)33-31-29-27-24-15-13-11-9-7-2/h9,11,15,18-19,24,29,31,38-39H,6-8,10,12-14,16-17,20-23,25-28,30,32-37H2,1-5H3/b11-9+,19-18+,24-15+,31-29+. The number of hydrogen-bond acceptors (Lipinski definition) is 7. The van der Waals surface area contributed by atoms with E-state index in [0.29, 0.717) is 6.42 Å². The molecule has 0 bridgehead atoms. The highest BCUT2D eigenvalue weighted by Gasteiger charge is 2.25. The molecular formula is C42H73NO7. The van der Waals surface area contributed by atoms with Crippen LogP contribution in [0.3, 0.4) is 0 Å². The van der Waals surface area contributed by atoms with E-state index in [-0.39, 0.29) is 43.1 Å². The van der Waals surface area contributed by atoms with Crippen molar-refractivity contribution in [3.05, 3.63) is 48.6 Å². The molecule has 8 heteroatoms. The average molecular weight is 704 g/mol. The SMILES string of the molecule is CC/C=C/C/C=C/C/C=C/CC(=O)OC(COCCC(C(=O)[O-])[N+](C)(C)C)COC(=O)CCCCCCCCC/C=C/CCCCCCCC. The third kappa shape index (κ3) is 31.3. The van der Waals surface area contributed by atoms with Gasteiger partial charge in [0.25, 0.3) is 0 Å². The molecule has 0 saturated carbocycles. The number of nitrogens with zero attached hydrogens (tertiary/aromatic N) is 1. The number of carbonyl (C=O) groups excluding carboxylic acids is 3. The second-order valence-corrected chi connectivity index (χ2v) is 14.1. The number of unbranched alkanes of at least 4 members (excludes halogenated alkanes) is 13. The van der Waals surface area contributed by atoms with Crippen molar-refractivity contribution in [1.82, 2.24) is 0 Å². The molecule has 8 nitrogen and oxygen atoms in total. The molecule has 0 aliphatic rings. The van der Waals surface area contributed by atoms with Crippen LogP contribution in [0.4, 0.5) is 0 Å². The first-order chi connectivity index (χ1) is 24.1. The normalized spacial score (nSPS) is 13.5. The summed E-state index contributed by atoms with van der Waals surface area (Å²) in [6, 6.07) is -0.739. The summed E-state index contributed by atoms with van der Waals surface area (Å²) >= 11 is 0. The topological polar surface area (TPSA) is 102 Å². The Labute approximate surface area is 306 Å². The van der Waals surface area contributed by atoms with Crippen LogP contribution in [0.15, 0.2) is 48.6 Å². The molecule has 0 N–H and O–H groups in total. The van der Waals surface area contributed by atoms with Gasteiger partial charge in [-0.3, -0.25) is 9.59 Å². The minimum absolute atomic E-state index is 0.00256. The first-order valence-corrected chi connectivity index (χ1v) is 19.7. The summed E-state index contributed by atoms with van der Waals surface area (Å²) < 4.78 is 16.9. The van der Waals surface area contributed by atoms with Gasteiger partial charge in [0.2, 0.25) is 0 Å². The molecule has 0 rings (SSSR count). The molecule has 0 fully saturated rings. The van der Waals surface area contributed by atoms with Crippen LogP contribution in [0.1, 0.15) is 149 Å². The number of hydrogen-bond donors (Lipinski definition) is 0. The lowest BCUT2D eigenvalue weighted by molar-refractivity contribution is -0.889. The Balaban J connectivity index is 4.39. The van der Waals surface area contributed by atoms with Crippen molar-refractivity contribution in [2.45, 2.75) is 161 Å². The maximum atomic E-state index is 12.5. The number of carboxylic acid groups (broad SMARTS) is 1. The third-order valence-corrected chi connectivity index (χ3v) is 8.48. The van der Waals surface area contributed by atoms with Crippen molar-refractivity contribution in [2.75, 3.05) is 41.0 Å². The van der Waals surface area contributed by atoms with Crippen molar-refractivity contribution >= 4 is 17.9 Å². The number of aliphatic carboxylic acids is 1. The number of quaternary nitrogens is 1. The van der Waals surface area contributed by atoms with Crippen LogP contribution in [-0.4, -0.2) is 75.5 Å². The molecule has 0 aromatic carbocycles. The largest absolute Gasteiger partial charge is 0.544 e. The van der Waals surface area contributed by atoms with Gasteiger partial charge in [-0.1, -0.05) is 127 Å². The van der Waals surface area contributed by atoms with Gasteiger partial charge in [-0.2, -0.15) is 0 Å². The van der Waals surface area contributed by atoms with E-state index in [4.69, 9.17) is 14.2 Å². The Morgan fingerprint density at radius 1 is 0.640 bits per heavy atom. The molecule has 0 aromatic rings. The molecule has 0 spiro atoms. The Hall–Kier alpha value is -2.71. The van der Waals surface area contributed by atoms with E-state index in [1.54, 1.807) is 27.2 Å². The van der Waals surface area contributed by atoms with Crippen LogP contribution in [-0.2, 0) is 28.6 Å². The lowest BCUT2D eigenvalue weighted by Crippen LogP contribution is -2.55. The van der Waals surface area contributed by atoms with E-state index in [1.807, 2.05) is 12.2 Å². The fraction of sp³-hybridized carbons (Fsp3) is 0.738. The van der Waals surface area contributed by atoms with Crippen molar-refractivity contribution in [1.29, 1.82) is 0 Å². The molecule has 0 aromatic heterocycles. The van der Waals surface area contributed by atoms with Gasteiger partial charge in [0.05, 0.1) is 46.7 Å². The van der Waals surface area contributed by atoms with Crippen molar-refractivity contribution in [2.24, 2.45) is 0 Å². The van der Waals surface area contributed by atoms with Gasteiger partial charge >= 0.3 is 11.9 Å². The van der Waals surface area contributed by atoms with Crippen molar-refractivity contribution in [3.63, 3.8) is 0 Å². The summed E-state index contributed by atoms with van der Waals surface area (Å²) in [7, 11) is 5.36. The molecular weight excluding hydrogens is 630 g/mol. The molecule has 0 amide bonds. The highest BCUT2D eigenvalue weighted by atomic mass is 16.6. The van der Waals surface area contributed by atoms with Crippen molar-refractivity contribution < 1.29 is 38.2 Å². The lowest BCUT2D eigenvalue weighted by Gasteiger charge is -2.34. The lowest BCUT2D eigenvalue weighted by atomic mass is 10.1. The van der Waals surface area contributed by atoms with Gasteiger partial charge in [-0.05, 0) is 51.4 Å². The quantitative estimate of drug-likeness (QED) is 0.0286. The van der Waals surface area contributed by atoms with Crippen LogP contribution < -0.4 is 5.11 Å². The van der Waals surface area contributed by atoms with Gasteiger partial charge in [-0.25, -0.2) is 0 Å². The van der Waals surface area contributed by atoms with E-state index < -0.39 is 24.1 Å². The molecule has 288 valence electrons. The number of allylic oxidation sites excluding steroid dienone is 7. The van der Waals surface area contributed by atoms with Gasteiger partial charge in [0.1, 0.15) is 12.6 Å². The second-order valence-electron chi connectivity index (χ2n) is 14.1. The van der Waals surface area contributed by atoms with Crippen LogP contribution in [0.5, 0.6) is 0 Å². The Morgan fingerprint density at radius 2 is 1.18 bits per heavy atom. The minimum Gasteiger partial charge on any atom is -0.544 e. The van der Waals surface area contributed by atoms with Gasteiger partial charge < -0.3 is 28.6 Å². The zero-order chi connectivity index (χ0) is 37.1. The van der Waals surface area contributed by atoms with Crippen LogP contribution in [0, 0.1) is 0 Å². The number of esters is 2. The summed E-state index contributed by atoms with van der Waals surface area (Å²) in [5, 5.41) is 11.6. The van der Waals surface area contributed by atoms with Crippen LogP contribution in [0.25, 0.3) is 0 Å². The first-order valence-electron chi connectivity index (χ1n) is 19.7. The Bertz CT molecular complexity index is 964. The smallest absolute Gasteiger partial charge is 0.310 e. The average Bonchev–Trinajstić information content (AvgIpc) is 3.06. The Morgan fingerprint density at radius 3 is 1.74 bits per heavy atom. The number of likely N-dealkylation sites (N-methyl/N-ethyl adjacent to an activating group) is 1. The fourth-order valence-corrected chi connectivity index (χ4v) is 5.42. The van der Waals surface area contributed by atoms with E-state index in [2.05, 4.69) is 44.2 Å². The molecule has 0 aliphatic carbocycles. The summed E-state index contributed by atoms with van der Waals surface area (Å²) in [4.78, 5) is 36.5. The summed E-state index contributed by atoms with van der Waals surface area (Å²) in [6.45, 7) is 4.40. The maximum Gasteiger partial charge on any atom is 0.310 e. The zero-order valence-corrected chi connectivity index (χ0v) is 32.5. The van der Waals surface area contributed by atoms with Gasteiger partial charge in [-0.15, -0.1) is 0 Å². The highest BCUT2D eigenvalue weighted by Crippen LogP contribution is 2.13. The molecule has 0 aliphatic heterocycles. The fourth-order valence-electron chi connectivity index (χ4n) is 5.42. The van der Waals surface area contributed by atoms with Crippen LogP contribution in [0.2, 0.25) is 0 Å². The summed E-state index contributed by atoms with van der Waals surface area (Å²) in [5.74, 6) is -1.90. The number of rotatable bonds is 34. The molecule has 2 unspecified atom stereocenters. The Kier molecular flexibility index (Phi) is 31.6. The van der Waals surface area contributed by atoms with E-state index >= 15 is 0 Å². The second kappa shape index (κ2) is 33.4. The number of ether oxygens (including phenoxy) is 3. The molecule has 0 heterocycles. The third-order valence-electron chi connectivity index (χ3n) is 8.48. The molecule has 2 atom stereocenters. The van der Waals surface area contributed by atoms with Gasteiger partial charge in [0.15, 0.2) is 6.10 Å². The summed E-state index contributed by atoms with van der Waals surface area (Å²) in [5.41, 5.74) is 0. The maximum absolute atomic E-state index is 12.5. The predicted molar refractivity (Wildman–Crippen MR) is 203 cm³/mol. The minimum atomic E-state index is -1.14. The number of carboxylic acids is 1. The predicted octanol–water partition coefficient (Wildman–Crippen LogP) is 8.74. The van der Waals surface area contributed by atoms with E-state index in [0.717, 1.165) is 38.5 Å². The van der Waals surface area contributed by atoms with Gasteiger partial charge in [0, 0.05) is 12.8 Å². The molecule has 0 radical (unpaired) electrons. The molecule has 50 heavy (non-hydrogen) atoms.